The number of hydrogen-bond donors (Lipinski definition) is 2. The normalized spacial score (nSPS) is 14.4. The van der Waals surface area contributed by atoms with E-state index in [-0.39, 0.29) is 19.1 Å². The molecule has 8 nitrogen and oxygen atoms in total. The number of likely N-dealkylation sites (N-methyl/N-ethyl adjacent to an activating group) is 1. The van der Waals surface area contributed by atoms with E-state index in [0.29, 0.717) is 23.9 Å². The fraction of sp³-hybridized carbons (Fsp3) is 0.900. The topological polar surface area (TPSA) is 108 Å². The first kappa shape index (κ1) is 58.0. The van der Waals surface area contributed by atoms with Gasteiger partial charge in [-0.15, -0.1) is 0 Å². The van der Waals surface area contributed by atoms with E-state index < -0.39 is 20.0 Å². The van der Waals surface area contributed by atoms with Crippen LogP contribution in [0, 0.1) is 0 Å². The van der Waals surface area contributed by atoms with Crippen molar-refractivity contribution in [1.82, 2.24) is 5.32 Å². The molecule has 0 rings (SSSR count). The van der Waals surface area contributed by atoms with E-state index in [4.69, 9.17) is 9.05 Å². The second-order valence-electron chi connectivity index (χ2n) is 18.5. The Hall–Kier alpha value is -1.02. The lowest BCUT2D eigenvalue weighted by Crippen LogP contribution is -2.46. The monoisotopic (exact) mass is 855 g/mol. The third kappa shape index (κ3) is 44.8. The van der Waals surface area contributed by atoms with Gasteiger partial charge in [0.15, 0.2) is 0 Å². The van der Waals surface area contributed by atoms with Crippen molar-refractivity contribution in [3.63, 3.8) is 0 Å². The zero-order chi connectivity index (χ0) is 43.6. The lowest BCUT2D eigenvalue weighted by Gasteiger charge is -2.30. The van der Waals surface area contributed by atoms with Crippen LogP contribution in [0.25, 0.3) is 0 Å². The number of amides is 1. The molecule has 0 aromatic carbocycles. The molecule has 0 aliphatic heterocycles. The molecule has 9 heteroatoms. The van der Waals surface area contributed by atoms with Crippen molar-refractivity contribution in [2.45, 2.75) is 251 Å². The van der Waals surface area contributed by atoms with Crippen LogP contribution >= 0.6 is 7.82 Å². The minimum atomic E-state index is -4.57. The van der Waals surface area contributed by atoms with Gasteiger partial charge < -0.3 is 28.8 Å². The minimum absolute atomic E-state index is 0.0101. The van der Waals surface area contributed by atoms with Crippen molar-refractivity contribution in [1.29, 1.82) is 0 Å². The Labute approximate surface area is 366 Å². The summed E-state index contributed by atoms with van der Waals surface area (Å²) in [5.74, 6) is -0.177. The molecule has 1 amide bonds. The first-order valence-electron chi connectivity index (χ1n) is 25.2. The van der Waals surface area contributed by atoms with Gasteiger partial charge in [0.1, 0.15) is 13.2 Å². The second-order valence-corrected chi connectivity index (χ2v) is 19.9. The molecule has 0 aliphatic rings. The lowest BCUT2D eigenvalue weighted by atomic mass is 10.0. The van der Waals surface area contributed by atoms with Gasteiger partial charge in [-0.3, -0.25) is 9.36 Å². The van der Waals surface area contributed by atoms with Crippen LogP contribution < -0.4 is 10.2 Å². The Morgan fingerprint density at radius 3 is 1.44 bits per heavy atom. The average Bonchev–Trinajstić information content (AvgIpc) is 3.19. The SMILES string of the molecule is CCCCC/C=C\C/C=C\CCCCCCCC(=O)NC(COP(=O)([O-])OCC[N+](C)(C)C)C(O)CCCCCCCCCCCCCCCCCCCCCCCC. The smallest absolute Gasteiger partial charge is 0.268 e. The van der Waals surface area contributed by atoms with Gasteiger partial charge in [0.25, 0.3) is 7.82 Å². The first-order chi connectivity index (χ1) is 28.5. The Morgan fingerprint density at radius 1 is 0.593 bits per heavy atom. The van der Waals surface area contributed by atoms with Crippen LogP contribution in [0.2, 0.25) is 0 Å². The summed E-state index contributed by atoms with van der Waals surface area (Å²) in [6.45, 7) is 4.70. The van der Waals surface area contributed by atoms with Crippen LogP contribution in [0.4, 0.5) is 0 Å². The fourth-order valence-corrected chi connectivity index (χ4v) is 8.15. The number of quaternary nitrogens is 1. The van der Waals surface area contributed by atoms with Crippen molar-refractivity contribution in [2.24, 2.45) is 0 Å². The number of carbonyl (C=O) groups excluding carboxylic acids is 1. The number of nitrogens with zero attached hydrogens (tertiary/aromatic N) is 1. The highest BCUT2D eigenvalue weighted by Crippen LogP contribution is 2.38. The fourth-order valence-electron chi connectivity index (χ4n) is 7.42. The minimum Gasteiger partial charge on any atom is -0.756 e. The molecule has 59 heavy (non-hydrogen) atoms. The Kier molecular flexibility index (Phi) is 41.6. The van der Waals surface area contributed by atoms with Crippen LogP contribution in [0.1, 0.15) is 239 Å². The van der Waals surface area contributed by atoms with E-state index in [0.717, 1.165) is 64.2 Å². The highest BCUT2D eigenvalue weighted by Gasteiger charge is 2.24. The molecule has 0 aliphatic carbocycles. The highest BCUT2D eigenvalue weighted by atomic mass is 31.2. The standard InChI is InChI=1S/C50H99N2O6P/c1-6-8-10-12-14-16-18-20-22-23-24-25-26-27-28-30-31-33-35-37-39-41-43-49(53)48(47-58-59(55,56)57-46-45-52(3,4)5)51-50(54)44-42-40-38-36-34-32-29-21-19-17-15-13-11-9-7-2/h15,17,21,29,48-49,53H,6-14,16,18-20,22-28,30-47H2,1-5H3,(H-,51,54,55,56)/b17-15-,29-21-. The predicted molar refractivity (Wildman–Crippen MR) is 252 cm³/mol. The highest BCUT2D eigenvalue weighted by molar-refractivity contribution is 7.45. The molecule has 0 saturated carbocycles. The third-order valence-corrected chi connectivity index (χ3v) is 12.4. The molecule has 2 N–H and O–H groups in total. The lowest BCUT2D eigenvalue weighted by molar-refractivity contribution is -0.870. The molecule has 350 valence electrons. The number of aliphatic hydroxyl groups excluding tert-OH is 1. The molecule has 0 fully saturated rings. The predicted octanol–water partition coefficient (Wildman–Crippen LogP) is 13.8. The van der Waals surface area contributed by atoms with E-state index in [2.05, 4.69) is 43.5 Å². The van der Waals surface area contributed by atoms with Crippen molar-refractivity contribution < 1.29 is 32.9 Å². The van der Waals surface area contributed by atoms with Gasteiger partial charge in [0.05, 0.1) is 39.9 Å². The average molecular weight is 855 g/mol. The molecule has 0 spiro atoms. The van der Waals surface area contributed by atoms with Crippen LogP contribution in [-0.4, -0.2) is 68.5 Å². The number of allylic oxidation sites excluding steroid dienone is 4. The van der Waals surface area contributed by atoms with E-state index in [1.54, 1.807) is 0 Å². The van der Waals surface area contributed by atoms with Crippen LogP contribution in [0.5, 0.6) is 0 Å². The molecule has 0 bridgehead atoms. The third-order valence-electron chi connectivity index (χ3n) is 11.4. The van der Waals surface area contributed by atoms with Gasteiger partial charge in [0, 0.05) is 6.42 Å². The van der Waals surface area contributed by atoms with Gasteiger partial charge >= 0.3 is 0 Å². The number of phosphoric ester groups is 1. The number of hydrogen-bond acceptors (Lipinski definition) is 6. The number of unbranched alkanes of at least 4 members (excludes halogenated alkanes) is 29. The Bertz CT molecular complexity index is 1020. The second kappa shape index (κ2) is 42.3. The molecule has 3 atom stereocenters. The van der Waals surface area contributed by atoms with Gasteiger partial charge in [-0.2, -0.15) is 0 Å². The molecular weight excluding hydrogens is 756 g/mol. The summed E-state index contributed by atoms with van der Waals surface area (Å²) in [5.41, 5.74) is 0. The number of aliphatic hydroxyl groups is 1. The van der Waals surface area contributed by atoms with E-state index in [1.165, 1.54) is 148 Å². The summed E-state index contributed by atoms with van der Waals surface area (Å²) in [6, 6.07) is -0.806. The summed E-state index contributed by atoms with van der Waals surface area (Å²) >= 11 is 0. The number of rotatable bonds is 46. The van der Waals surface area contributed by atoms with Crippen LogP contribution in [-0.2, 0) is 18.4 Å². The maximum absolute atomic E-state index is 12.9. The Morgan fingerprint density at radius 2 is 0.983 bits per heavy atom. The van der Waals surface area contributed by atoms with Gasteiger partial charge in [-0.05, 0) is 44.9 Å². The van der Waals surface area contributed by atoms with Crippen LogP contribution in [0.3, 0.4) is 0 Å². The molecule has 0 aromatic heterocycles. The first-order valence-corrected chi connectivity index (χ1v) is 26.6. The summed E-state index contributed by atoms with van der Waals surface area (Å²) < 4.78 is 23.3. The van der Waals surface area contributed by atoms with Gasteiger partial charge in [-0.25, -0.2) is 0 Å². The maximum Gasteiger partial charge on any atom is 0.268 e. The van der Waals surface area contributed by atoms with Crippen molar-refractivity contribution >= 4 is 13.7 Å². The molecule has 0 heterocycles. The number of carbonyl (C=O) groups is 1. The maximum atomic E-state index is 12.9. The van der Waals surface area contributed by atoms with Crippen LogP contribution in [0.15, 0.2) is 24.3 Å². The van der Waals surface area contributed by atoms with E-state index >= 15 is 0 Å². The zero-order valence-electron chi connectivity index (χ0n) is 39.7. The molecule has 0 saturated heterocycles. The summed E-state index contributed by atoms with van der Waals surface area (Å²) in [6.07, 6.45) is 50.4. The quantitative estimate of drug-likeness (QED) is 0.0273. The van der Waals surface area contributed by atoms with Crippen molar-refractivity contribution in [3.8, 4) is 0 Å². The largest absolute Gasteiger partial charge is 0.756 e. The molecule has 0 aromatic rings. The van der Waals surface area contributed by atoms with E-state index in [9.17, 15) is 19.4 Å². The van der Waals surface area contributed by atoms with Gasteiger partial charge in [0.2, 0.25) is 5.91 Å². The van der Waals surface area contributed by atoms with Crippen molar-refractivity contribution in [3.05, 3.63) is 24.3 Å². The molecular formula is C50H99N2O6P. The number of phosphoric acid groups is 1. The molecule has 3 unspecified atom stereocenters. The molecule has 0 radical (unpaired) electrons. The van der Waals surface area contributed by atoms with Crippen molar-refractivity contribution in [2.75, 3.05) is 40.9 Å². The van der Waals surface area contributed by atoms with Gasteiger partial charge in [-0.1, -0.05) is 212 Å². The zero-order valence-corrected chi connectivity index (χ0v) is 40.6. The summed E-state index contributed by atoms with van der Waals surface area (Å²) in [7, 11) is 1.30. The summed E-state index contributed by atoms with van der Waals surface area (Å²) in [4.78, 5) is 25.4. The summed E-state index contributed by atoms with van der Waals surface area (Å²) in [5, 5.41) is 14.0. The number of nitrogens with one attached hydrogen (secondary N) is 1. The van der Waals surface area contributed by atoms with E-state index in [1.807, 2.05) is 21.1 Å². The Balaban J connectivity index is 4.25.